The zero-order valence-electron chi connectivity index (χ0n) is 83.0. The SMILES string of the molecule is C.CC1(C)O[C@H]2[C@@H](O1)[C@](C#N)(c1ccc3c(N)ncnn13)O[C@@H]2CO.CCCCCCCCCCCCCCCCCCOC[C@H](COP(=O)(OC[C@H]1O[C@@](C#N)(c2ccc3c(N)ncnn23)[C@@H]2OC(C)(C)O[C@@H]21)Oc1ccccc1Cl)OCc1ccccc1.CCCCCCCCCCCCCCCCCCOC[C@H](COP(=O)([O-])Oc1ccccc1Cl)OCc1ccccc1.CC[NH+](CC)CC. The summed E-state index contributed by atoms with van der Waals surface area (Å²) in [5.41, 5.74) is 12.6. The zero-order valence-corrected chi connectivity index (χ0v) is 86.3. The molecule has 0 radical (unpaired) electrons. The Kier molecular flexibility index (Phi) is 52.5. The Labute approximate surface area is 836 Å². The average Bonchev–Trinajstić information content (AvgIpc) is 1.56. The summed E-state index contributed by atoms with van der Waals surface area (Å²) in [5.74, 6) is -1.33. The Balaban J connectivity index is 0.000000271. The van der Waals surface area contributed by atoms with E-state index in [-0.39, 0.29) is 81.0 Å². The maximum absolute atomic E-state index is 14.8. The number of halogens is 2. The number of nitrogens with two attached hydrogens (primary N) is 2. The number of ether oxygens (including phenoxy) is 10. The Hall–Kier alpha value is -7.30. The van der Waals surface area contributed by atoms with Gasteiger partial charge in [-0.2, -0.15) is 20.7 Å². The largest absolute Gasteiger partial charge is 0.746 e. The highest BCUT2D eigenvalue weighted by atomic mass is 35.5. The summed E-state index contributed by atoms with van der Waals surface area (Å²) in [6, 6.07) is 43.7. The predicted octanol–water partition coefficient (Wildman–Crippen LogP) is 22.3. The van der Waals surface area contributed by atoms with Gasteiger partial charge in [0.05, 0.1) is 93.9 Å². The van der Waals surface area contributed by atoms with Gasteiger partial charge >= 0.3 is 15.6 Å². The number of quaternary nitrogens is 1. The third kappa shape index (κ3) is 38.0. The van der Waals surface area contributed by atoms with Crippen molar-refractivity contribution in [1.29, 1.82) is 10.5 Å². The molecule has 4 fully saturated rings. The highest BCUT2D eigenvalue weighted by Gasteiger charge is 2.67. The van der Waals surface area contributed by atoms with E-state index in [1.54, 1.807) is 99.3 Å². The van der Waals surface area contributed by atoms with E-state index in [1.807, 2.05) is 60.7 Å². The van der Waals surface area contributed by atoms with Crippen molar-refractivity contribution in [2.24, 2.45) is 0 Å². The second kappa shape index (κ2) is 62.4. The monoisotopic (exact) mass is 2010 g/mol. The van der Waals surface area contributed by atoms with Crippen molar-refractivity contribution in [3.05, 3.63) is 179 Å². The molecule has 4 aromatic heterocycles. The van der Waals surface area contributed by atoms with E-state index in [0.29, 0.717) is 48.1 Å². The number of nitrogens with one attached hydrogen (secondary N) is 1. The molecule has 4 aliphatic rings. The van der Waals surface area contributed by atoms with Gasteiger partial charge in [0, 0.05) is 13.2 Å². The van der Waals surface area contributed by atoms with Gasteiger partial charge in [0.2, 0.25) is 11.2 Å². The van der Waals surface area contributed by atoms with Gasteiger partial charge in [-0.05, 0) is 121 Å². The summed E-state index contributed by atoms with van der Waals surface area (Å²) in [5, 5.41) is 39.3. The number of aliphatic hydroxyl groups is 1. The molecule has 0 bridgehead atoms. The number of phosphoric acid groups is 2. The molecule has 0 aliphatic carbocycles. The van der Waals surface area contributed by atoms with E-state index in [9.17, 15) is 29.7 Å². The van der Waals surface area contributed by atoms with Crippen LogP contribution in [0.2, 0.25) is 10.0 Å². The number of rotatable bonds is 63. The van der Waals surface area contributed by atoms with Crippen LogP contribution in [0.15, 0.2) is 146 Å². The number of aromatic nitrogens is 6. The lowest BCUT2D eigenvalue weighted by atomic mass is 9.92. The molecule has 772 valence electrons. The van der Waals surface area contributed by atoms with Crippen LogP contribution >= 0.6 is 38.8 Å². The van der Waals surface area contributed by atoms with E-state index >= 15 is 0 Å². The standard InChI is InChI=1S/C49H69ClN5O9P.C34H54ClO6P.C15H17N5O4.C6H15N.CH4/c1-4-5-6-7-8-9-10-11-12-13-14-15-16-17-18-24-31-57-33-39(58-32-38-25-20-19-21-26-38)34-59-65(56,64-42-28-23-22-27-40(42)50)60-35-43-45-46(63-48(2,3)62-45)49(36-51,61-43)44-30-29-41-47(52)53-37-54-55(41)44;1-2-3-4-5-6-7-8-9-10-11-12-13-14-15-16-22-27-38-29-32(39-28-31-23-18-17-19-24-31)30-40-42(36,37)41-34-26-21-20-25-33(34)35;1-14(2)23-11-9(5-21)22-15(6-16,12(11)24-14)10-4-3-8-13(17)18-7-19-20(8)10;1-4-7(5-2)6-3;/h19-23,25-30,37,39,43,45-46H,4-18,24,31-35H2,1-3H3,(H2,52,53,54);17-21,23-26,32H,2-16,22,27-30H2,1H3,(H,36,37);3-4,7,9,11-12,21H,5H2,1-2H3,(H2,17,18,19);4-6H2,1-3H3;1H4/t39-,43-,45-,46-,49+,65?;32-;9-,11-,12-,15+;;/m111../s1. The molecule has 6 N–H and O–H groups in total. The number of anilines is 2. The smallest absolute Gasteiger partial charge is 0.530 e. The molecule has 4 saturated heterocycles. The van der Waals surface area contributed by atoms with Crippen molar-refractivity contribution in [2.75, 3.05) is 84.0 Å². The highest BCUT2D eigenvalue weighted by Crippen LogP contribution is 2.55. The van der Waals surface area contributed by atoms with Crippen LogP contribution < -0.4 is 30.3 Å². The van der Waals surface area contributed by atoms with Crippen LogP contribution in [0, 0.1) is 22.7 Å². The van der Waals surface area contributed by atoms with Gasteiger partial charge in [0.15, 0.2) is 23.2 Å². The van der Waals surface area contributed by atoms with Crippen LogP contribution in [-0.4, -0.2) is 167 Å². The van der Waals surface area contributed by atoms with Crippen molar-refractivity contribution in [2.45, 2.75) is 360 Å². The second-order valence-corrected chi connectivity index (χ2v) is 40.5. The number of unbranched alkanes of at least 4 members (excludes halogenated alkanes) is 30. The van der Waals surface area contributed by atoms with Crippen LogP contribution in [0.5, 0.6) is 11.5 Å². The van der Waals surface area contributed by atoms with Crippen molar-refractivity contribution in [3.8, 4) is 23.6 Å². The lowest BCUT2D eigenvalue weighted by Crippen LogP contribution is -3.11. The fourth-order valence-electron chi connectivity index (χ4n) is 17.4. The molecular formula is C105H159Cl2N11O19P2. The summed E-state index contributed by atoms with van der Waals surface area (Å²) in [6.45, 7) is 23.2. The van der Waals surface area contributed by atoms with Gasteiger partial charge in [0.1, 0.15) is 96.2 Å². The van der Waals surface area contributed by atoms with Crippen molar-refractivity contribution >= 4 is 61.5 Å². The van der Waals surface area contributed by atoms with Crippen LogP contribution in [0.25, 0.3) is 11.0 Å². The quantitative estimate of drug-likeness (QED) is 0.0203. The van der Waals surface area contributed by atoms with Crippen molar-refractivity contribution in [3.63, 3.8) is 0 Å². The summed E-state index contributed by atoms with van der Waals surface area (Å²) in [4.78, 5) is 22.1. The molecule has 139 heavy (non-hydrogen) atoms. The first-order valence-electron chi connectivity index (χ1n) is 50.5. The molecule has 12 rings (SSSR count). The lowest BCUT2D eigenvalue weighted by Gasteiger charge is -2.29. The number of nitrogen functional groups attached to an aromatic ring is 2. The second-order valence-electron chi connectivity index (χ2n) is 36.8. The van der Waals surface area contributed by atoms with E-state index < -0.39 is 87.3 Å². The minimum atomic E-state index is -4.64. The molecule has 4 aliphatic heterocycles. The van der Waals surface area contributed by atoms with Gasteiger partial charge < -0.3 is 87.3 Å². The Morgan fingerprint density at radius 1 is 0.460 bits per heavy atom. The van der Waals surface area contributed by atoms with Crippen molar-refractivity contribution < 1.29 is 94.0 Å². The Morgan fingerprint density at radius 2 is 0.813 bits per heavy atom. The van der Waals surface area contributed by atoms with Gasteiger partial charge in [-0.15, -0.1) is 0 Å². The number of phosphoric ester groups is 2. The minimum Gasteiger partial charge on any atom is -0.746 e. The maximum atomic E-state index is 14.8. The molecule has 34 heteroatoms. The van der Waals surface area contributed by atoms with Crippen LogP contribution in [0.4, 0.5) is 11.6 Å². The van der Waals surface area contributed by atoms with E-state index in [1.165, 1.54) is 227 Å². The molecule has 8 heterocycles. The first-order valence-corrected chi connectivity index (χ1v) is 54.2. The maximum Gasteiger partial charge on any atom is 0.530 e. The summed E-state index contributed by atoms with van der Waals surface area (Å²) in [7, 11) is -9.13. The zero-order chi connectivity index (χ0) is 98.9. The summed E-state index contributed by atoms with van der Waals surface area (Å²) in [6.07, 6.45) is 38.7. The molecule has 0 amide bonds. The first kappa shape index (κ1) is 117. The Bertz CT molecular complexity index is 4930. The molecule has 12 atom stereocenters. The number of benzene rings is 4. The molecule has 2 unspecified atom stereocenters. The van der Waals surface area contributed by atoms with Gasteiger partial charge in [-0.3, -0.25) is 13.6 Å². The number of hydrogen-bond donors (Lipinski definition) is 4. The highest BCUT2D eigenvalue weighted by molar-refractivity contribution is 7.49. The molecule has 0 saturated carbocycles. The molecule has 0 spiro atoms. The number of para-hydroxylation sites is 2. The number of fused-ring (bicyclic) bond motifs is 4. The molecular weight excluding hydrogens is 1850 g/mol. The van der Waals surface area contributed by atoms with E-state index in [4.69, 9.17) is 105 Å². The third-order valence-electron chi connectivity index (χ3n) is 25.1. The van der Waals surface area contributed by atoms with Crippen LogP contribution in [-0.2, 0) is 94.5 Å². The lowest BCUT2D eigenvalue weighted by molar-refractivity contribution is -0.894. The Morgan fingerprint density at radius 3 is 1.18 bits per heavy atom. The fourth-order valence-corrected chi connectivity index (χ4v) is 19.9. The number of nitriles is 2. The van der Waals surface area contributed by atoms with E-state index in [2.05, 4.69) is 66.9 Å². The number of aliphatic hydroxyl groups excluding tert-OH is 1. The normalized spacial score (nSPS) is 20.6. The van der Waals surface area contributed by atoms with Gasteiger partial charge in [0.25, 0.3) is 0 Å². The first-order chi connectivity index (χ1) is 66.8. The topological polar surface area (TPSA) is 380 Å². The number of hydrogen-bond acceptors (Lipinski definition) is 27. The minimum absolute atomic E-state index is 0. The molecule has 8 aromatic rings. The fraction of sp³-hybridized carbons (Fsp3) is 0.638. The van der Waals surface area contributed by atoms with Crippen LogP contribution in [0.1, 0.15) is 298 Å². The number of nitrogens with zero attached hydrogens (tertiary/aromatic N) is 8. The summed E-state index contributed by atoms with van der Waals surface area (Å²) >= 11 is 12.5. The van der Waals surface area contributed by atoms with Gasteiger partial charge in [-0.1, -0.05) is 322 Å². The molecule has 4 aromatic carbocycles. The van der Waals surface area contributed by atoms with Crippen molar-refractivity contribution in [1.82, 2.24) is 29.2 Å². The predicted molar refractivity (Wildman–Crippen MR) is 541 cm³/mol. The third-order valence-corrected chi connectivity index (χ3v) is 27.9. The average molecular weight is 2010 g/mol. The molecule has 30 nitrogen and oxygen atoms in total. The van der Waals surface area contributed by atoms with E-state index in [0.717, 1.165) is 36.8 Å². The van der Waals surface area contributed by atoms with Crippen LogP contribution in [0.3, 0.4) is 0 Å². The summed E-state index contributed by atoms with van der Waals surface area (Å²) < 4.78 is 120. The van der Waals surface area contributed by atoms with Gasteiger partial charge in [-0.25, -0.2) is 23.6 Å².